The van der Waals surface area contributed by atoms with E-state index in [1.165, 1.54) is 43.4 Å². The molecular weight excluding hydrogens is 334 g/mol. The third-order valence-corrected chi connectivity index (χ3v) is 8.29. The van der Waals surface area contributed by atoms with Crippen molar-refractivity contribution in [2.75, 3.05) is 52.3 Å². The summed E-state index contributed by atoms with van der Waals surface area (Å²) in [5.41, 5.74) is 4.79. The van der Waals surface area contributed by atoms with Crippen molar-refractivity contribution in [2.45, 2.75) is 56.5 Å². The van der Waals surface area contributed by atoms with Gasteiger partial charge in [0.25, 0.3) is 0 Å². The lowest BCUT2D eigenvalue weighted by atomic mass is 9.62. The zero-order valence-corrected chi connectivity index (χ0v) is 17.5. The second-order valence-electron chi connectivity index (χ2n) is 9.57. The number of rotatable bonds is 3. The smallest absolute Gasteiger partial charge is 0.142 e. The molecule has 4 heteroatoms. The number of likely N-dealkylation sites (tertiary alicyclic amines) is 1. The van der Waals surface area contributed by atoms with E-state index in [2.05, 4.69) is 47.9 Å². The Morgan fingerprint density at radius 2 is 1.85 bits per heavy atom. The molecule has 2 aliphatic carbocycles. The summed E-state index contributed by atoms with van der Waals surface area (Å²) in [5, 5.41) is 0. The number of piperidine rings is 1. The molecule has 5 atom stereocenters. The molecule has 0 aromatic heterocycles. The molecule has 1 aromatic rings. The molecule has 0 radical (unpaired) electrons. The Hall–Kier alpha value is -1.26. The van der Waals surface area contributed by atoms with E-state index in [1.807, 2.05) is 7.11 Å². The summed E-state index contributed by atoms with van der Waals surface area (Å²) in [6.07, 6.45) is 6.95. The van der Waals surface area contributed by atoms with Crippen LogP contribution in [0.1, 0.15) is 43.2 Å². The molecule has 3 unspecified atom stereocenters. The summed E-state index contributed by atoms with van der Waals surface area (Å²) in [5.74, 6) is 1.94. The number of nitrogens with zero attached hydrogens (tertiary/aromatic N) is 3. The molecule has 0 N–H and O–H groups in total. The Morgan fingerprint density at radius 1 is 1.07 bits per heavy atom. The summed E-state index contributed by atoms with van der Waals surface area (Å²) in [7, 11) is 6.40. The maximum atomic E-state index is 5.95. The van der Waals surface area contributed by atoms with Gasteiger partial charge in [0.05, 0.1) is 12.8 Å². The van der Waals surface area contributed by atoms with Gasteiger partial charge in [0, 0.05) is 43.7 Å². The monoisotopic (exact) mass is 369 g/mol. The van der Waals surface area contributed by atoms with E-state index in [-0.39, 0.29) is 0 Å². The van der Waals surface area contributed by atoms with Gasteiger partial charge in [-0.2, -0.15) is 0 Å². The maximum Gasteiger partial charge on any atom is 0.142 e. The second-order valence-corrected chi connectivity index (χ2v) is 9.57. The number of likely N-dealkylation sites (N-methyl/N-ethyl adjacent to an activating group) is 2. The van der Waals surface area contributed by atoms with E-state index < -0.39 is 0 Å². The fourth-order valence-corrected chi connectivity index (χ4v) is 6.75. The van der Waals surface area contributed by atoms with Crippen LogP contribution in [0.3, 0.4) is 0 Å². The molecule has 0 amide bonds. The molecule has 4 aliphatic rings. The van der Waals surface area contributed by atoms with E-state index >= 15 is 0 Å². The SMILES string of the molecule is COc1cc([C@]23CCCCC2[C@@H]2C(C3)N2C)c(C)cc1N1CCN(C)CC1. The molecule has 2 heterocycles. The van der Waals surface area contributed by atoms with E-state index in [9.17, 15) is 0 Å². The molecule has 4 fully saturated rings. The predicted molar refractivity (Wildman–Crippen MR) is 111 cm³/mol. The van der Waals surface area contributed by atoms with Gasteiger partial charge in [-0.15, -0.1) is 0 Å². The van der Waals surface area contributed by atoms with Crippen LogP contribution in [0, 0.1) is 12.8 Å². The van der Waals surface area contributed by atoms with Crippen molar-refractivity contribution in [1.82, 2.24) is 9.80 Å². The summed E-state index contributed by atoms with van der Waals surface area (Å²) < 4.78 is 5.95. The summed E-state index contributed by atoms with van der Waals surface area (Å²) in [4.78, 5) is 7.56. The highest BCUT2D eigenvalue weighted by molar-refractivity contribution is 5.64. The molecule has 2 saturated heterocycles. The van der Waals surface area contributed by atoms with E-state index in [1.54, 1.807) is 5.56 Å². The van der Waals surface area contributed by atoms with Crippen molar-refractivity contribution in [3.05, 3.63) is 23.3 Å². The van der Waals surface area contributed by atoms with Gasteiger partial charge in [-0.3, -0.25) is 4.90 Å². The van der Waals surface area contributed by atoms with Crippen LogP contribution in [0.15, 0.2) is 12.1 Å². The quantitative estimate of drug-likeness (QED) is 0.761. The summed E-state index contributed by atoms with van der Waals surface area (Å²) >= 11 is 0. The van der Waals surface area contributed by atoms with Gasteiger partial charge in [0.15, 0.2) is 0 Å². The number of anilines is 1. The highest BCUT2D eigenvalue weighted by Gasteiger charge is 2.65. The Balaban J connectivity index is 1.52. The zero-order chi connectivity index (χ0) is 18.8. The number of ether oxygens (including phenoxy) is 1. The van der Waals surface area contributed by atoms with Crippen LogP contribution in [0.4, 0.5) is 5.69 Å². The maximum absolute atomic E-state index is 5.95. The Morgan fingerprint density at radius 3 is 2.59 bits per heavy atom. The van der Waals surface area contributed by atoms with Gasteiger partial charge in [-0.1, -0.05) is 12.8 Å². The van der Waals surface area contributed by atoms with Crippen LogP contribution in [-0.2, 0) is 5.41 Å². The predicted octanol–water partition coefficient (Wildman–Crippen LogP) is 3.27. The van der Waals surface area contributed by atoms with Crippen LogP contribution < -0.4 is 9.64 Å². The largest absolute Gasteiger partial charge is 0.495 e. The molecule has 5 rings (SSSR count). The van der Waals surface area contributed by atoms with E-state index in [0.29, 0.717) is 5.41 Å². The Bertz CT molecular complexity index is 727. The van der Waals surface area contributed by atoms with Crippen LogP contribution in [0.2, 0.25) is 0 Å². The standard InChI is InChI=1S/C23H35N3O/c1-16-13-19(26-11-9-24(2)10-12-26)21(27-4)14-18(16)23-8-6-5-7-17(23)22-20(15-23)25(22)3/h13-14,17,20,22H,5-12,15H2,1-4H3/t17?,20?,22-,23+,25?/m1/s1. The highest BCUT2D eigenvalue weighted by Crippen LogP contribution is 2.62. The lowest BCUT2D eigenvalue weighted by Crippen LogP contribution is -2.44. The minimum absolute atomic E-state index is 0.401. The minimum atomic E-state index is 0.401. The van der Waals surface area contributed by atoms with Gasteiger partial charge in [-0.25, -0.2) is 0 Å². The topological polar surface area (TPSA) is 18.7 Å². The highest BCUT2D eigenvalue weighted by atomic mass is 16.5. The number of aryl methyl sites for hydroxylation is 1. The van der Waals surface area contributed by atoms with Gasteiger partial charge >= 0.3 is 0 Å². The molecule has 1 aromatic carbocycles. The van der Waals surface area contributed by atoms with Gasteiger partial charge < -0.3 is 14.5 Å². The molecule has 0 bridgehead atoms. The lowest BCUT2D eigenvalue weighted by Gasteiger charge is -2.44. The first-order chi connectivity index (χ1) is 13.0. The average molecular weight is 370 g/mol. The number of hydrogen-bond acceptors (Lipinski definition) is 4. The number of methoxy groups -OCH3 is 1. The van der Waals surface area contributed by atoms with Crippen LogP contribution in [0.5, 0.6) is 5.75 Å². The molecule has 27 heavy (non-hydrogen) atoms. The number of benzene rings is 1. The molecular formula is C23H35N3O. The fraction of sp³-hybridized carbons (Fsp3) is 0.739. The van der Waals surface area contributed by atoms with E-state index in [4.69, 9.17) is 4.74 Å². The normalized spacial score (nSPS) is 38.4. The number of hydrogen-bond donors (Lipinski definition) is 0. The molecule has 2 aliphatic heterocycles. The van der Waals surface area contributed by atoms with Crippen molar-refractivity contribution in [3.8, 4) is 5.75 Å². The summed E-state index contributed by atoms with van der Waals surface area (Å²) in [6, 6.07) is 6.54. The first-order valence-corrected chi connectivity index (χ1v) is 10.9. The first kappa shape index (κ1) is 17.8. The minimum Gasteiger partial charge on any atom is -0.495 e. The Labute approximate surface area is 164 Å². The third kappa shape index (κ3) is 2.63. The molecule has 148 valence electrons. The first-order valence-electron chi connectivity index (χ1n) is 10.9. The lowest BCUT2D eigenvalue weighted by molar-refractivity contribution is 0.168. The van der Waals surface area contributed by atoms with Crippen LogP contribution in [0.25, 0.3) is 0 Å². The van der Waals surface area contributed by atoms with Crippen molar-refractivity contribution >= 4 is 5.69 Å². The van der Waals surface area contributed by atoms with Crippen molar-refractivity contribution in [2.24, 2.45) is 5.92 Å². The van der Waals surface area contributed by atoms with Crippen molar-refractivity contribution < 1.29 is 4.74 Å². The molecule has 4 nitrogen and oxygen atoms in total. The third-order valence-electron chi connectivity index (χ3n) is 8.29. The zero-order valence-electron chi connectivity index (χ0n) is 17.5. The van der Waals surface area contributed by atoms with Crippen LogP contribution >= 0.6 is 0 Å². The number of fused-ring (bicyclic) bond motifs is 3. The molecule has 2 saturated carbocycles. The average Bonchev–Trinajstić information content (AvgIpc) is 3.15. The Kier molecular flexibility index (Phi) is 4.21. The van der Waals surface area contributed by atoms with Crippen molar-refractivity contribution in [3.63, 3.8) is 0 Å². The van der Waals surface area contributed by atoms with E-state index in [0.717, 1.165) is 49.9 Å². The van der Waals surface area contributed by atoms with Crippen molar-refractivity contribution in [1.29, 1.82) is 0 Å². The fourth-order valence-electron chi connectivity index (χ4n) is 6.75. The summed E-state index contributed by atoms with van der Waals surface area (Å²) in [6.45, 7) is 6.79. The van der Waals surface area contributed by atoms with Gasteiger partial charge in [-0.05, 0) is 69.5 Å². The number of piperazine rings is 1. The van der Waals surface area contributed by atoms with Crippen LogP contribution in [-0.4, -0.2) is 69.3 Å². The molecule has 0 spiro atoms. The van der Waals surface area contributed by atoms with Gasteiger partial charge in [0.2, 0.25) is 0 Å². The second kappa shape index (κ2) is 6.38. The van der Waals surface area contributed by atoms with Gasteiger partial charge in [0.1, 0.15) is 5.75 Å².